The molecule has 0 aliphatic rings. The number of amides is 1. The number of carbonyl (C=O) groups excluding carboxylic acids is 1. The van der Waals surface area contributed by atoms with Gasteiger partial charge in [-0.05, 0) is 17.2 Å². The van der Waals surface area contributed by atoms with Crippen molar-refractivity contribution >= 4 is 5.91 Å². The number of nitrogens with one attached hydrogen (secondary N) is 1. The van der Waals surface area contributed by atoms with E-state index in [4.69, 9.17) is 0 Å². The van der Waals surface area contributed by atoms with Crippen LogP contribution in [0.25, 0.3) is 0 Å². The Bertz CT molecular complexity index is 1100. The van der Waals surface area contributed by atoms with Crippen LogP contribution in [-0.2, 0) is 11.8 Å². The minimum Gasteiger partial charge on any atom is -0.342 e. The molecule has 0 radical (unpaired) electrons. The van der Waals surface area contributed by atoms with E-state index in [1.165, 1.54) is 6.07 Å². The molecule has 31 heavy (non-hydrogen) atoms. The van der Waals surface area contributed by atoms with Gasteiger partial charge in [-0.2, -0.15) is 0 Å². The zero-order valence-corrected chi connectivity index (χ0v) is 17.3. The van der Waals surface area contributed by atoms with Gasteiger partial charge < -0.3 is 9.88 Å². The number of halogens is 1. The molecule has 0 aliphatic heterocycles. The Morgan fingerprint density at radius 1 is 0.935 bits per heavy atom. The average Bonchev–Trinajstić information content (AvgIpc) is 3.23. The summed E-state index contributed by atoms with van der Waals surface area (Å²) >= 11 is 0. The van der Waals surface area contributed by atoms with Crippen LogP contribution in [0.15, 0.2) is 97.3 Å². The molecule has 4 nitrogen and oxygen atoms in total. The van der Waals surface area contributed by atoms with Gasteiger partial charge in [-0.25, -0.2) is 9.37 Å². The first-order valence-electron chi connectivity index (χ1n) is 10.2. The van der Waals surface area contributed by atoms with Crippen LogP contribution in [0.1, 0.15) is 40.9 Å². The normalized spacial score (nSPS) is 12.0. The zero-order valence-electron chi connectivity index (χ0n) is 17.3. The number of aromatic nitrogens is 2. The van der Waals surface area contributed by atoms with Crippen molar-refractivity contribution in [3.05, 3.63) is 126 Å². The van der Waals surface area contributed by atoms with Gasteiger partial charge in [-0.1, -0.05) is 78.9 Å². The molecule has 0 spiro atoms. The van der Waals surface area contributed by atoms with Crippen LogP contribution in [0.5, 0.6) is 0 Å². The van der Waals surface area contributed by atoms with Crippen molar-refractivity contribution in [2.45, 2.75) is 18.4 Å². The van der Waals surface area contributed by atoms with Gasteiger partial charge in [0.05, 0.1) is 0 Å². The van der Waals surface area contributed by atoms with E-state index in [2.05, 4.69) is 10.3 Å². The molecule has 1 N–H and O–H groups in total. The number of benzene rings is 3. The summed E-state index contributed by atoms with van der Waals surface area (Å²) in [5.74, 6) is -0.0770. The number of carbonyl (C=O) groups is 1. The van der Waals surface area contributed by atoms with Crippen molar-refractivity contribution in [2.24, 2.45) is 7.05 Å². The zero-order chi connectivity index (χ0) is 21.6. The lowest BCUT2D eigenvalue weighted by Gasteiger charge is -2.22. The minimum atomic E-state index is -0.680. The Hall–Kier alpha value is -3.73. The standard InChI is InChI=1S/C26H24FN3O/c1-30-17-16-28-26(30)25(21-14-8-9-15-23(21)27)29-24(31)18-22(19-10-4-2-5-11-19)20-12-6-3-7-13-20/h2-17,22,25H,18H2,1H3,(H,29,31)/t25-/m0/s1. The Balaban J connectivity index is 1.64. The molecule has 4 rings (SSSR count). The first-order valence-corrected chi connectivity index (χ1v) is 10.2. The van der Waals surface area contributed by atoms with Gasteiger partial charge in [-0.3, -0.25) is 4.79 Å². The summed E-state index contributed by atoms with van der Waals surface area (Å²) in [7, 11) is 1.83. The number of aryl methyl sites for hydroxylation is 1. The first-order chi connectivity index (χ1) is 15.1. The van der Waals surface area contributed by atoms with E-state index < -0.39 is 6.04 Å². The van der Waals surface area contributed by atoms with Gasteiger partial charge in [0.2, 0.25) is 5.91 Å². The summed E-state index contributed by atoms with van der Waals surface area (Å²) in [6.07, 6.45) is 3.67. The van der Waals surface area contributed by atoms with Crippen molar-refractivity contribution in [3.63, 3.8) is 0 Å². The largest absolute Gasteiger partial charge is 0.342 e. The van der Waals surface area contributed by atoms with E-state index in [1.54, 1.807) is 35.2 Å². The second-order valence-electron chi connectivity index (χ2n) is 7.50. The molecule has 0 fully saturated rings. The van der Waals surface area contributed by atoms with Crippen molar-refractivity contribution in [1.29, 1.82) is 0 Å². The van der Waals surface area contributed by atoms with Crippen molar-refractivity contribution in [1.82, 2.24) is 14.9 Å². The van der Waals surface area contributed by atoms with Crippen molar-refractivity contribution < 1.29 is 9.18 Å². The SMILES string of the molecule is Cn1ccnc1[C@@H](NC(=O)CC(c1ccccc1)c1ccccc1)c1ccccc1F. The Morgan fingerprint density at radius 3 is 2.06 bits per heavy atom. The van der Waals surface area contributed by atoms with Crippen LogP contribution < -0.4 is 5.32 Å². The van der Waals surface area contributed by atoms with Gasteiger partial charge in [0.1, 0.15) is 17.7 Å². The van der Waals surface area contributed by atoms with Gasteiger partial charge >= 0.3 is 0 Å². The first kappa shape index (κ1) is 20.5. The number of rotatable bonds is 7. The average molecular weight is 413 g/mol. The van der Waals surface area contributed by atoms with Gasteiger partial charge in [0.25, 0.3) is 0 Å². The quantitative estimate of drug-likeness (QED) is 0.464. The fourth-order valence-corrected chi connectivity index (χ4v) is 3.85. The minimum absolute atomic E-state index is 0.106. The molecule has 5 heteroatoms. The maximum Gasteiger partial charge on any atom is 0.221 e. The van der Waals surface area contributed by atoms with Gasteiger partial charge in [0, 0.05) is 37.3 Å². The summed E-state index contributed by atoms with van der Waals surface area (Å²) in [6, 6.07) is 25.7. The van der Waals surface area contributed by atoms with Crippen LogP contribution in [0.3, 0.4) is 0 Å². The monoisotopic (exact) mass is 413 g/mol. The summed E-state index contributed by atoms with van der Waals surface area (Å²) < 4.78 is 16.4. The number of hydrogen-bond acceptors (Lipinski definition) is 2. The van der Waals surface area contributed by atoms with Crippen LogP contribution in [0.4, 0.5) is 4.39 Å². The van der Waals surface area contributed by atoms with Gasteiger partial charge in [0.15, 0.2) is 0 Å². The van der Waals surface area contributed by atoms with E-state index in [1.807, 2.05) is 67.7 Å². The maximum atomic E-state index is 14.6. The molecule has 0 saturated carbocycles. The third-order valence-electron chi connectivity index (χ3n) is 5.43. The molecule has 0 saturated heterocycles. The lowest BCUT2D eigenvalue weighted by molar-refractivity contribution is -0.121. The maximum absolute atomic E-state index is 14.6. The molecule has 0 unspecified atom stereocenters. The fraction of sp³-hybridized carbons (Fsp3) is 0.154. The summed E-state index contributed by atoms with van der Waals surface area (Å²) in [5, 5.41) is 3.03. The molecule has 1 aromatic heterocycles. The fourth-order valence-electron chi connectivity index (χ4n) is 3.85. The topological polar surface area (TPSA) is 46.9 Å². The highest BCUT2D eigenvalue weighted by Crippen LogP contribution is 2.29. The number of hydrogen-bond donors (Lipinski definition) is 1. The summed E-state index contributed by atoms with van der Waals surface area (Å²) in [6.45, 7) is 0. The highest BCUT2D eigenvalue weighted by atomic mass is 19.1. The lowest BCUT2D eigenvalue weighted by Crippen LogP contribution is -2.32. The summed E-state index contributed by atoms with van der Waals surface area (Å²) in [4.78, 5) is 17.6. The Labute approximate surface area is 181 Å². The highest BCUT2D eigenvalue weighted by molar-refractivity contribution is 5.78. The van der Waals surface area contributed by atoms with Crippen molar-refractivity contribution in [3.8, 4) is 0 Å². The lowest BCUT2D eigenvalue weighted by atomic mass is 9.88. The molecule has 0 bridgehead atoms. The second-order valence-corrected chi connectivity index (χ2v) is 7.50. The third kappa shape index (κ3) is 4.72. The van der Waals surface area contributed by atoms with E-state index in [0.29, 0.717) is 11.4 Å². The van der Waals surface area contributed by atoms with E-state index in [9.17, 15) is 9.18 Å². The van der Waals surface area contributed by atoms with Crippen LogP contribution >= 0.6 is 0 Å². The summed E-state index contributed by atoms with van der Waals surface area (Å²) in [5.41, 5.74) is 2.51. The highest BCUT2D eigenvalue weighted by Gasteiger charge is 2.25. The molecule has 1 amide bonds. The van der Waals surface area contributed by atoms with Gasteiger partial charge in [-0.15, -0.1) is 0 Å². The third-order valence-corrected chi connectivity index (χ3v) is 5.43. The molecular weight excluding hydrogens is 389 g/mol. The van der Waals surface area contributed by atoms with E-state index in [-0.39, 0.29) is 24.1 Å². The molecule has 1 heterocycles. The molecular formula is C26H24FN3O. The van der Waals surface area contributed by atoms with Crippen molar-refractivity contribution in [2.75, 3.05) is 0 Å². The molecule has 3 aromatic carbocycles. The number of imidazole rings is 1. The van der Waals surface area contributed by atoms with Crippen LogP contribution in [0.2, 0.25) is 0 Å². The number of nitrogens with zero attached hydrogens (tertiary/aromatic N) is 2. The second kappa shape index (κ2) is 9.39. The molecule has 4 aromatic rings. The molecule has 0 aliphatic carbocycles. The Kier molecular flexibility index (Phi) is 6.22. The smallest absolute Gasteiger partial charge is 0.221 e. The predicted molar refractivity (Wildman–Crippen MR) is 119 cm³/mol. The van der Waals surface area contributed by atoms with E-state index in [0.717, 1.165) is 11.1 Å². The molecule has 1 atom stereocenters. The van der Waals surface area contributed by atoms with Crippen LogP contribution in [0, 0.1) is 5.82 Å². The van der Waals surface area contributed by atoms with Crippen LogP contribution in [-0.4, -0.2) is 15.5 Å². The van der Waals surface area contributed by atoms with E-state index >= 15 is 0 Å². The molecule has 156 valence electrons. The predicted octanol–water partition coefficient (Wildman–Crippen LogP) is 4.99. The Morgan fingerprint density at radius 2 is 1.52 bits per heavy atom.